The molecule has 4 heterocycles. The van der Waals surface area contributed by atoms with Crippen molar-refractivity contribution in [3.8, 4) is 0 Å². The number of fused-ring (bicyclic) bond motifs is 1. The molecule has 4 rings (SSSR count). The Morgan fingerprint density at radius 2 is 1.93 bits per heavy atom. The molecule has 3 aromatic heterocycles. The molecule has 1 atom stereocenters. The van der Waals surface area contributed by atoms with Gasteiger partial charge >= 0.3 is 6.18 Å². The van der Waals surface area contributed by atoms with Crippen molar-refractivity contribution in [2.24, 2.45) is 0 Å². The molecule has 0 amide bonds. The predicted octanol–water partition coefficient (Wildman–Crippen LogP) is 3.75. The largest absolute Gasteiger partial charge is 0.433 e. The number of nitrogens with zero attached hydrogens (tertiary/aromatic N) is 6. The van der Waals surface area contributed by atoms with Gasteiger partial charge in [0.25, 0.3) is 0 Å². The molecule has 28 heavy (non-hydrogen) atoms. The first-order valence-corrected chi connectivity index (χ1v) is 9.33. The van der Waals surface area contributed by atoms with E-state index in [0.717, 1.165) is 47.8 Å². The molecule has 0 spiro atoms. The second-order valence-corrected chi connectivity index (χ2v) is 7.11. The first-order valence-electron chi connectivity index (χ1n) is 9.33. The quantitative estimate of drug-likeness (QED) is 0.679. The standard InChI is InChI=1S/C19H21F3N6/c1-3-17-23-9-13(10-24-17)11-27-6-4-5-15(27)14-8-18-25-12(2)7-16(19(20,21)22)28(18)26-14/h7-10,15H,3-6,11H2,1-2H3/t15-/m1/s1. The first kappa shape index (κ1) is 18.8. The van der Waals surface area contributed by atoms with E-state index in [1.165, 1.54) is 0 Å². The summed E-state index contributed by atoms with van der Waals surface area (Å²) in [5, 5.41) is 4.28. The zero-order valence-corrected chi connectivity index (χ0v) is 15.7. The zero-order chi connectivity index (χ0) is 19.9. The monoisotopic (exact) mass is 390 g/mol. The molecule has 3 aromatic rings. The van der Waals surface area contributed by atoms with Crippen LogP contribution in [0.25, 0.3) is 5.65 Å². The number of halogens is 3. The van der Waals surface area contributed by atoms with Gasteiger partial charge in [0.2, 0.25) is 0 Å². The van der Waals surface area contributed by atoms with Crippen LogP contribution < -0.4 is 0 Å². The molecule has 0 aromatic carbocycles. The highest BCUT2D eigenvalue weighted by Crippen LogP contribution is 2.35. The van der Waals surface area contributed by atoms with E-state index in [9.17, 15) is 13.2 Å². The lowest BCUT2D eigenvalue weighted by atomic mass is 10.1. The molecular formula is C19H21F3N6. The average Bonchev–Trinajstić information content (AvgIpc) is 3.27. The fourth-order valence-corrected chi connectivity index (χ4v) is 3.71. The fraction of sp³-hybridized carbons (Fsp3) is 0.474. The molecule has 1 fully saturated rings. The summed E-state index contributed by atoms with van der Waals surface area (Å²) in [5.74, 6) is 0.795. The molecular weight excluding hydrogens is 369 g/mol. The average molecular weight is 390 g/mol. The maximum atomic E-state index is 13.4. The minimum Gasteiger partial charge on any atom is -0.290 e. The van der Waals surface area contributed by atoms with E-state index in [0.29, 0.717) is 17.9 Å². The third kappa shape index (κ3) is 3.58. The molecule has 0 unspecified atom stereocenters. The van der Waals surface area contributed by atoms with Crippen LogP contribution in [0.3, 0.4) is 0 Å². The Kier molecular flexibility index (Phi) is 4.78. The molecule has 1 aliphatic rings. The van der Waals surface area contributed by atoms with Gasteiger partial charge in [0.1, 0.15) is 11.5 Å². The van der Waals surface area contributed by atoms with E-state index in [4.69, 9.17) is 0 Å². The highest BCUT2D eigenvalue weighted by atomic mass is 19.4. The van der Waals surface area contributed by atoms with Crippen LogP contribution in [0.15, 0.2) is 24.5 Å². The molecule has 148 valence electrons. The summed E-state index contributed by atoms with van der Waals surface area (Å²) >= 11 is 0. The Bertz CT molecular complexity index is 980. The maximum absolute atomic E-state index is 13.4. The van der Waals surface area contributed by atoms with Crippen LogP contribution >= 0.6 is 0 Å². The van der Waals surface area contributed by atoms with Crippen molar-refractivity contribution in [2.45, 2.75) is 51.9 Å². The van der Waals surface area contributed by atoms with E-state index in [1.807, 2.05) is 19.3 Å². The van der Waals surface area contributed by atoms with Crippen molar-refractivity contribution in [3.63, 3.8) is 0 Å². The Balaban J connectivity index is 1.64. The minimum atomic E-state index is -4.48. The number of likely N-dealkylation sites (tertiary alicyclic amines) is 1. The van der Waals surface area contributed by atoms with Crippen molar-refractivity contribution in [1.29, 1.82) is 0 Å². The lowest BCUT2D eigenvalue weighted by Gasteiger charge is -2.22. The molecule has 0 saturated carbocycles. The summed E-state index contributed by atoms with van der Waals surface area (Å²) in [6, 6.07) is 2.65. The predicted molar refractivity (Wildman–Crippen MR) is 96.5 cm³/mol. The van der Waals surface area contributed by atoms with Crippen molar-refractivity contribution in [2.75, 3.05) is 6.54 Å². The van der Waals surface area contributed by atoms with Crippen molar-refractivity contribution in [1.82, 2.24) is 29.5 Å². The van der Waals surface area contributed by atoms with Crippen LogP contribution in [0.4, 0.5) is 13.2 Å². The van der Waals surface area contributed by atoms with E-state index < -0.39 is 11.9 Å². The van der Waals surface area contributed by atoms with Gasteiger partial charge in [-0.25, -0.2) is 19.5 Å². The molecule has 0 radical (unpaired) electrons. The van der Waals surface area contributed by atoms with Crippen molar-refractivity contribution >= 4 is 5.65 Å². The summed E-state index contributed by atoms with van der Waals surface area (Å²) in [7, 11) is 0. The van der Waals surface area contributed by atoms with Crippen molar-refractivity contribution in [3.05, 3.63) is 53.0 Å². The molecule has 1 saturated heterocycles. The second kappa shape index (κ2) is 7.12. The fourth-order valence-electron chi connectivity index (χ4n) is 3.71. The highest BCUT2D eigenvalue weighted by Gasteiger charge is 2.36. The van der Waals surface area contributed by atoms with Crippen LogP contribution in [-0.4, -0.2) is 36.0 Å². The van der Waals surface area contributed by atoms with Gasteiger partial charge in [-0.05, 0) is 32.4 Å². The summed E-state index contributed by atoms with van der Waals surface area (Å²) < 4.78 is 41.1. The molecule has 6 nitrogen and oxygen atoms in total. The van der Waals surface area contributed by atoms with E-state index in [-0.39, 0.29) is 11.7 Å². The molecule has 0 N–H and O–H groups in total. The van der Waals surface area contributed by atoms with Crippen LogP contribution in [0, 0.1) is 6.92 Å². The Hall–Kier alpha value is -2.55. The number of aromatic nitrogens is 5. The number of hydrogen-bond donors (Lipinski definition) is 0. The van der Waals surface area contributed by atoms with Crippen molar-refractivity contribution < 1.29 is 13.2 Å². The molecule has 1 aliphatic heterocycles. The highest BCUT2D eigenvalue weighted by molar-refractivity contribution is 5.43. The lowest BCUT2D eigenvalue weighted by molar-refractivity contribution is -0.142. The molecule has 9 heteroatoms. The number of hydrogen-bond acceptors (Lipinski definition) is 5. The van der Waals surface area contributed by atoms with Gasteiger partial charge in [-0.3, -0.25) is 4.90 Å². The van der Waals surface area contributed by atoms with Gasteiger partial charge in [-0.15, -0.1) is 0 Å². The summed E-state index contributed by atoms with van der Waals surface area (Å²) in [4.78, 5) is 15.1. The first-order chi connectivity index (χ1) is 13.3. The molecule has 0 bridgehead atoms. The Labute approximate surface area is 160 Å². The van der Waals surface area contributed by atoms with Gasteiger partial charge in [0.05, 0.1) is 11.7 Å². The SMILES string of the molecule is CCc1ncc(CN2CCC[C@@H]2c2cc3nc(C)cc(C(F)(F)F)n3n2)cn1. The Morgan fingerprint density at radius 3 is 2.61 bits per heavy atom. The third-order valence-electron chi connectivity index (χ3n) is 5.03. The summed E-state index contributed by atoms with van der Waals surface area (Å²) in [5.41, 5.74) is 1.35. The van der Waals surface area contributed by atoms with Crippen LogP contribution in [0.2, 0.25) is 0 Å². The normalized spacial score (nSPS) is 18.2. The van der Waals surface area contributed by atoms with Gasteiger partial charge in [0.15, 0.2) is 5.65 Å². The topological polar surface area (TPSA) is 59.2 Å². The number of aryl methyl sites for hydroxylation is 2. The van der Waals surface area contributed by atoms with Crippen LogP contribution in [0.5, 0.6) is 0 Å². The summed E-state index contributed by atoms with van der Waals surface area (Å²) in [6.45, 7) is 5.05. The van der Waals surface area contributed by atoms with Gasteiger partial charge in [-0.2, -0.15) is 18.3 Å². The van der Waals surface area contributed by atoms with E-state index in [2.05, 4.69) is 25.0 Å². The van der Waals surface area contributed by atoms with Crippen LogP contribution in [-0.2, 0) is 19.1 Å². The van der Waals surface area contributed by atoms with E-state index in [1.54, 1.807) is 13.0 Å². The minimum absolute atomic E-state index is 0.0473. The maximum Gasteiger partial charge on any atom is 0.433 e. The zero-order valence-electron chi connectivity index (χ0n) is 15.7. The lowest BCUT2D eigenvalue weighted by Crippen LogP contribution is -2.23. The molecule has 0 aliphatic carbocycles. The Morgan fingerprint density at radius 1 is 1.18 bits per heavy atom. The number of alkyl halides is 3. The van der Waals surface area contributed by atoms with Gasteiger partial charge in [0, 0.05) is 42.7 Å². The third-order valence-corrected chi connectivity index (χ3v) is 5.03. The smallest absolute Gasteiger partial charge is 0.290 e. The van der Waals surface area contributed by atoms with Gasteiger partial charge < -0.3 is 0 Å². The van der Waals surface area contributed by atoms with E-state index >= 15 is 0 Å². The summed E-state index contributed by atoms with van der Waals surface area (Å²) in [6.07, 6.45) is 1.74. The second-order valence-electron chi connectivity index (χ2n) is 7.11. The number of rotatable bonds is 4. The van der Waals surface area contributed by atoms with Crippen LogP contribution in [0.1, 0.15) is 54.3 Å². The van der Waals surface area contributed by atoms with Gasteiger partial charge in [-0.1, -0.05) is 6.92 Å².